The second kappa shape index (κ2) is 9.28. The van der Waals surface area contributed by atoms with Gasteiger partial charge >= 0.3 is 6.18 Å². The minimum atomic E-state index is -4.47. The summed E-state index contributed by atoms with van der Waals surface area (Å²) in [7, 11) is 0. The highest BCUT2D eigenvalue weighted by molar-refractivity contribution is 5.95. The molecule has 1 atom stereocenters. The number of hydrogen-bond acceptors (Lipinski definition) is 3. The van der Waals surface area contributed by atoms with Crippen LogP contribution in [0.1, 0.15) is 38.8 Å². The lowest BCUT2D eigenvalue weighted by atomic mass is 9.98. The number of halogens is 3. The molecule has 33 heavy (non-hydrogen) atoms. The van der Waals surface area contributed by atoms with E-state index in [4.69, 9.17) is 0 Å². The summed E-state index contributed by atoms with van der Waals surface area (Å²) in [5, 5.41) is 7.25. The summed E-state index contributed by atoms with van der Waals surface area (Å²) in [6.07, 6.45) is -1.72. The zero-order valence-electron chi connectivity index (χ0n) is 17.8. The maximum Gasteiger partial charge on any atom is 0.417 e. The Morgan fingerprint density at radius 3 is 2.24 bits per heavy atom. The van der Waals surface area contributed by atoms with E-state index < -0.39 is 11.7 Å². The van der Waals surface area contributed by atoms with Crippen molar-refractivity contribution in [1.29, 1.82) is 0 Å². The minimum Gasteiger partial charge on any atom is -0.345 e. The van der Waals surface area contributed by atoms with Gasteiger partial charge in [-0.2, -0.15) is 18.3 Å². The predicted octanol–water partition coefficient (Wildman–Crippen LogP) is 5.31. The molecule has 0 fully saturated rings. The SMILES string of the molecule is Cc1c(C(=O)NC(Cc2ccccc2)c2ccccc2)cnn1-c1ccc(C(F)(F)F)cn1. The fourth-order valence-electron chi connectivity index (χ4n) is 3.57. The molecule has 0 spiro atoms. The molecule has 2 heterocycles. The van der Waals surface area contributed by atoms with Crippen LogP contribution >= 0.6 is 0 Å². The first-order valence-electron chi connectivity index (χ1n) is 10.3. The van der Waals surface area contributed by atoms with Gasteiger partial charge in [0.25, 0.3) is 5.91 Å². The maximum absolute atomic E-state index is 13.1. The van der Waals surface area contributed by atoms with Gasteiger partial charge in [0.15, 0.2) is 5.82 Å². The second-order valence-electron chi connectivity index (χ2n) is 7.58. The van der Waals surface area contributed by atoms with E-state index in [1.165, 1.54) is 16.9 Å². The molecule has 2 aromatic heterocycles. The van der Waals surface area contributed by atoms with Crippen molar-refractivity contribution in [2.24, 2.45) is 0 Å². The van der Waals surface area contributed by atoms with Gasteiger partial charge in [-0.15, -0.1) is 0 Å². The quantitative estimate of drug-likeness (QED) is 0.433. The van der Waals surface area contributed by atoms with Crippen molar-refractivity contribution in [1.82, 2.24) is 20.1 Å². The highest BCUT2D eigenvalue weighted by Gasteiger charge is 2.31. The number of benzene rings is 2. The minimum absolute atomic E-state index is 0.198. The summed E-state index contributed by atoms with van der Waals surface area (Å²) >= 11 is 0. The number of nitrogens with one attached hydrogen (secondary N) is 1. The van der Waals surface area contributed by atoms with Crippen LogP contribution in [0.15, 0.2) is 85.2 Å². The molecule has 1 amide bonds. The Morgan fingerprint density at radius 2 is 1.64 bits per heavy atom. The van der Waals surface area contributed by atoms with E-state index >= 15 is 0 Å². The van der Waals surface area contributed by atoms with Crippen LogP contribution in [0.2, 0.25) is 0 Å². The molecule has 5 nitrogen and oxygen atoms in total. The van der Waals surface area contributed by atoms with Crippen molar-refractivity contribution < 1.29 is 18.0 Å². The average Bonchev–Trinajstić information content (AvgIpc) is 3.21. The van der Waals surface area contributed by atoms with E-state index in [0.717, 1.165) is 23.4 Å². The average molecular weight is 450 g/mol. The van der Waals surface area contributed by atoms with E-state index in [9.17, 15) is 18.0 Å². The number of hydrogen-bond donors (Lipinski definition) is 1. The first-order valence-corrected chi connectivity index (χ1v) is 10.3. The third-order valence-corrected chi connectivity index (χ3v) is 5.34. The molecule has 0 radical (unpaired) electrons. The van der Waals surface area contributed by atoms with Gasteiger partial charge in [-0.25, -0.2) is 9.67 Å². The lowest BCUT2D eigenvalue weighted by Crippen LogP contribution is -2.30. The molecule has 168 valence electrons. The topological polar surface area (TPSA) is 59.8 Å². The van der Waals surface area contributed by atoms with Gasteiger partial charge in [0.2, 0.25) is 0 Å². The van der Waals surface area contributed by atoms with Crippen LogP contribution in [-0.2, 0) is 12.6 Å². The van der Waals surface area contributed by atoms with Crippen LogP contribution in [0, 0.1) is 6.92 Å². The molecule has 4 aromatic rings. The Kier molecular flexibility index (Phi) is 6.26. The molecule has 0 bridgehead atoms. The van der Waals surface area contributed by atoms with Gasteiger partial charge in [0.1, 0.15) is 0 Å². The Morgan fingerprint density at radius 1 is 0.970 bits per heavy atom. The maximum atomic E-state index is 13.1. The molecule has 1 N–H and O–H groups in total. The van der Waals surface area contributed by atoms with E-state index in [-0.39, 0.29) is 17.8 Å². The predicted molar refractivity (Wildman–Crippen MR) is 118 cm³/mol. The third-order valence-electron chi connectivity index (χ3n) is 5.34. The van der Waals surface area contributed by atoms with Gasteiger partial charge in [-0.1, -0.05) is 60.7 Å². The van der Waals surface area contributed by atoms with Crippen molar-refractivity contribution in [2.45, 2.75) is 25.6 Å². The third kappa shape index (κ3) is 5.11. The Balaban J connectivity index is 1.57. The lowest BCUT2D eigenvalue weighted by Gasteiger charge is -2.19. The molecular formula is C25H21F3N4O. The van der Waals surface area contributed by atoms with Crippen LogP contribution in [0.4, 0.5) is 13.2 Å². The molecule has 0 aliphatic rings. The fraction of sp³-hybridized carbons (Fsp3) is 0.160. The summed E-state index contributed by atoms with van der Waals surface area (Å²) in [6.45, 7) is 1.68. The van der Waals surface area contributed by atoms with Crippen molar-refractivity contribution in [3.8, 4) is 5.82 Å². The zero-order valence-corrected chi connectivity index (χ0v) is 17.8. The fourth-order valence-corrected chi connectivity index (χ4v) is 3.57. The molecular weight excluding hydrogens is 429 g/mol. The number of alkyl halides is 3. The standard InChI is InChI=1S/C25H21F3N4O/c1-17-21(16-30-32(17)23-13-12-20(15-29-23)25(26,27)28)24(33)31-22(19-10-6-3-7-11-19)14-18-8-4-2-5-9-18/h2-13,15-16,22H,14H2,1H3,(H,31,33). The zero-order chi connectivity index (χ0) is 23.4. The van der Waals surface area contributed by atoms with E-state index in [1.54, 1.807) is 6.92 Å². The Bertz CT molecular complexity index is 1220. The van der Waals surface area contributed by atoms with E-state index in [1.807, 2.05) is 60.7 Å². The number of aromatic nitrogens is 3. The number of pyridine rings is 1. The highest BCUT2D eigenvalue weighted by atomic mass is 19.4. The Hall–Kier alpha value is -3.94. The van der Waals surface area contributed by atoms with Crippen LogP contribution in [-0.4, -0.2) is 20.7 Å². The molecule has 4 rings (SSSR count). The van der Waals surface area contributed by atoms with Crippen LogP contribution in [0.3, 0.4) is 0 Å². The lowest BCUT2D eigenvalue weighted by molar-refractivity contribution is -0.137. The normalized spacial score (nSPS) is 12.4. The highest BCUT2D eigenvalue weighted by Crippen LogP contribution is 2.29. The van der Waals surface area contributed by atoms with Crippen molar-refractivity contribution >= 4 is 5.91 Å². The smallest absolute Gasteiger partial charge is 0.345 e. The summed E-state index contributed by atoms with van der Waals surface area (Å²) < 4.78 is 39.8. The number of carbonyl (C=O) groups excluding carboxylic acids is 1. The number of rotatable bonds is 6. The molecule has 0 aliphatic carbocycles. The second-order valence-corrected chi connectivity index (χ2v) is 7.58. The van der Waals surface area contributed by atoms with Crippen LogP contribution in [0.25, 0.3) is 5.82 Å². The van der Waals surface area contributed by atoms with Crippen molar-refractivity contribution in [2.75, 3.05) is 0 Å². The van der Waals surface area contributed by atoms with Crippen molar-refractivity contribution in [3.63, 3.8) is 0 Å². The number of carbonyl (C=O) groups is 1. The number of nitrogens with zero attached hydrogens (tertiary/aromatic N) is 3. The van der Waals surface area contributed by atoms with Crippen LogP contribution < -0.4 is 5.32 Å². The summed E-state index contributed by atoms with van der Waals surface area (Å²) in [5.41, 5.74) is 2.00. The van der Waals surface area contributed by atoms with E-state index in [0.29, 0.717) is 17.7 Å². The van der Waals surface area contributed by atoms with Gasteiger partial charge in [0, 0.05) is 6.20 Å². The Labute approximate surface area is 188 Å². The summed E-state index contributed by atoms with van der Waals surface area (Å²) in [4.78, 5) is 17.0. The summed E-state index contributed by atoms with van der Waals surface area (Å²) in [5.74, 6) is -0.126. The molecule has 0 aliphatic heterocycles. The van der Waals surface area contributed by atoms with Gasteiger partial charge in [0.05, 0.1) is 29.1 Å². The molecule has 0 saturated heterocycles. The molecule has 8 heteroatoms. The first-order chi connectivity index (χ1) is 15.8. The largest absolute Gasteiger partial charge is 0.417 e. The monoisotopic (exact) mass is 450 g/mol. The van der Waals surface area contributed by atoms with Crippen molar-refractivity contribution in [3.05, 3.63) is 113 Å². The molecule has 0 saturated carbocycles. The van der Waals surface area contributed by atoms with Gasteiger partial charge in [-0.05, 0) is 36.6 Å². The van der Waals surface area contributed by atoms with Gasteiger partial charge in [-0.3, -0.25) is 4.79 Å². The van der Waals surface area contributed by atoms with E-state index in [2.05, 4.69) is 15.4 Å². The molecule has 1 unspecified atom stereocenters. The first kappa shape index (κ1) is 22.3. The number of amides is 1. The van der Waals surface area contributed by atoms with Gasteiger partial charge < -0.3 is 5.32 Å². The summed E-state index contributed by atoms with van der Waals surface area (Å²) in [6, 6.07) is 21.4. The molecule has 2 aromatic carbocycles. The van der Waals surface area contributed by atoms with Crippen LogP contribution in [0.5, 0.6) is 0 Å².